The Hall–Kier alpha value is -3.95. The van der Waals surface area contributed by atoms with Gasteiger partial charge in [0.2, 0.25) is 11.7 Å². The zero-order valence-corrected chi connectivity index (χ0v) is 17.7. The predicted octanol–water partition coefficient (Wildman–Crippen LogP) is 4.70. The molecule has 1 aliphatic heterocycles. The van der Waals surface area contributed by atoms with Gasteiger partial charge < -0.3 is 10.1 Å². The maximum atomic E-state index is 13.7. The molecular formula is C25H16ClFN2O3. The third-order valence-corrected chi connectivity index (χ3v) is 5.09. The van der Waals surface area contributed by atoms with E-state index >= 15 is 0 Å². The topological polar surface area (TPSA) is 68.3 Å². The zero-order valence-electron chi connectivity index (χ0n) is 16.9. The van der Waals surface area contributed by atoms with Gasteiger partial charge in [-0.2, -0.15) is 0 Å². The Labute approximate surface area is 188 Å². The maximum absolute atomic E-state index is 13.7. The molecule has 0 saturated heterocycles. The first-order valence-corrected chi connectivity index (χ1v) is 9.97. The highest BCUT2D eigenvalue weighted by atomic mass is 35.5. The SMILES string of the molecule is COc1ccc(CC#Cc2ccc3c(c2)C(=O)/C(=C/c2ccc(Cl)c(F)c2)C(=O)N3)cn1. The maximum Gasteiger partial charge on any atom is 0.259 e. The van der Waals surface area contributed by atoms with Crippen LogP contribution in [0.4, 0.5) is 10.1 Å². The van der Waals surface area contributed by atoms with Crippen molar-refractivity contribution >= 4 is 35.1 Å². The van der Waals surface area contributed by atoms with Gasteiger partial charge in [0.15, 0.2) is 0 Å². The molecule has 32 heavy (non-hydrogen) atoms. The summed E-state index contributed by atoms with van der Waals surface area (Å²) in [5, 5.41) is 2.65. The Bertz CT molecular complexity index is 1320. The largest absolute Gasteiger partial charge is 0.481 e. The number of nitrogens with zero attached hydrogens (tertiary/aromatic N) is 1. The van der Waals surface area contributed by atoms with Gasteiger partial charge in [0.25, 0.3) is 5.91 Å². The summed E-state index contributed by atoms with van der Waals surface area (Å²) >= 11 is 5.70. The number of fused-ring (bicyclic) bond motifs is 1. The summed E-state index contributed by atoms with van der Waals surface area (Å²) in [5.41, 5.74) is 2.56. The average molecular weight is 447 g/mol. The number of Topliss-reactive ketones (excluding diaryl/α,β-unsaturated/α-hetero) is 1. The van der Waals surface area contributed by atoms with Crippen molar-refractivity contribution in [2.24, 2.45) is 0 Å². The summed E-state index contributed by atoms with van der Waals surface area (Å²) in [5.74, 6) is 4.97. The second-order valence-corrected chi connectivity index (χ2v) is 7.37. The monoisotopic (exact) mass is 446 g/mol. The summed E-state index contributed by atoms with van der Waals surface area (Å²) in [6, 6.07) is 12.7. The van der Waals surface area contributed by atoms with Crippen molar-refractivity contribution in [1.82, 2.24) is 4.98 Å². The van der Waals surface area contributed by atoms with Crippen molar-refractivity contribution < 1.29 is 18.7 Å². The fourth-order valence-electron chi connectivity index (χ4n) is 3.14. The molecule has 4 rings (SSSR count). The predicted molar refractivity (Wildman–Crippen MR) is 120 cm³/mol. The van der Waals surface area contributed by atoms with Crippen LogP contribution in [0, 0.1) is 17.7 Å². The van der Waals surface area contributed by atoms with Crippen LogP contribution in [0.1, 0.15) is 27.0 Å². The number of carbonyl (C=O) groups is 2. The fourth-order valence-corrected chi connectivity index (χ4v) is 3.26. The van der Waals surface area contributed by atoms with Gasteiger partial charge in [0.05, 0.1) is 23.4 Å². The number of ether oxygens (including phenoxy) is 1. The Kier molecular flexibility index (Phi) is 6.02. The molecule has 2 heterocycles. The molecule has 0 atom stereocenters. The van der Waals surface area contributed by atoms with E-state index in [1.807, 2.05) is 6.07 Å². The fraction of sp³-hybridized carbons (Fsp3) is 0.0800. The van der Waals surface area contributed by atoms with Crippen LogP contribution in [-0.2, 0) is 11.2 Å². The number of hydrogen-bond donors (Lipinski definition) is 1. The number of carbonyl (C=O) groups excluding carboxylic acids is 2. The zero-order chi connectivity index (χ0) is 22.7. The molecule has 0 unspecified atom stereocenters. The van der Waals surface area contributed by atoms with E-state index < -0.39 is 17.5 Å². The summed E-state index contributed by atoms with van der Waals surface area (Å²) in [6.07, 6.45) is 3.51. The van der Waals surface area contributed by atoms with E-state index in [1.165, 1.54) is 24.3 Å². The van der Waals surface area contributed by atoms with Crippen molar-refractivity contribution in [3.63, 3.8) is 0 Å². The second kappa shape index (κ2) is 9.04. The summed E-state index contributed by atoms with van der Waals surface area (Å²) < 4.78 is 18.8. The minimum absolute atomic E-state index is 0.0365. The minimum atomic E-state index is -0.630. The van der Waals surface area contributed by atoms with Crippen LogP contribution >= 0.6 is 11.6 Å². The summed E-state index contributed by atoms with van der Waals surface area (Å²) in [4.78, 5) is 29.5. The first kappa shape index (κ1) is 21.3. The van der Waals surface area contributed by atoms with Crippen molar-refractivity contribution in [3.05, 3.63) is 93.4 Å². The molecule has 2 aromatic carbocycles. The number of benzene rings is 2. The Balaban J connectivity index is 1.58. The van der Waals surface area contributed by atoms with Crippen molar-refractivity contribution in [2.45, 2.75) is 6.42 Å². The second-order valence-electron chi connectivity index (χ2n) is 6.96. The number of methoxy groups -OCH3 is 1. The molecule has 5 nitrogen and oxygen atoms in total. The molecule has 1 aliphatic rings. The molecule has 0 bridgehead atoms. The van der Waals surface area contributed by atoms with Gasteiger partial charge in [-0.25, -0.2) is 9.37 Å². The van der Waals surface area contributed by atoms with E-state index in [9.17, 15) is 14.0 Å². The number of pyridine rings is 1. The lowest BCUT2D eigenvalue weighted by Gasteiger charge is -2.18. The lowest BCUT2D eigenvalue weighted by atomic mass is 9.93. The molecule has 1 aromatic heterocycles. The van der Waals surface area contributed by atoms with E-state index in [1.54, 1.807) is 37.6 Å². The number of anilines is 1. The molecule has 7 heteroatoms. The van der Waals surface area contributed by atoms with Gasteiger partial charge in [0, 0.05) is 29.8 Å². The number of amides is 1. The number of aromatic nitrogens is 1. The first-order chi connectivity index (χ1) is 15.4. The highest BCUT2D eigenvalue weighted by Crippen LogP contribution is 2.28. The van der Waals surface area contributed by atoms with Gasteiger partial charge in [-0.1, -0.05) is 35.6 Å². The smallest absolute Gasteiger partial charge is 0.259 e. The quantitative estimate of drug-likeness (QED) is 0.360. The van der Waals surface area contributed by atoms with Crippen molar-refractivity contribution in [1.29, 1.82) is 0 Å². The molecule has 158 valence electrons. The Morgan fingerprint density at radius 3 is 2.72 bits per heavy atom. The Morgan fingerprint density at radius 1 is 1.16 bits per heavy atom. The molecule has 1 amide bonds. The van der Waals surface area contributed by atoms with E-state index in [-0.39, 0.29) is 10.6 Å². The molecule has 1 N–H and O–H groups in total. The van der Waals surface area contributed by atoms with Gasteiger partial charge in [-0.05, 0) is 47.5 Å². The summed E-state index contributed by atoms with van der Waals surface area (Å²) in [7, 11) is 1.55. The first-order valence-electron chi connectivity index (χ1n) is 9.59. The van der Waals surface area contributed by atoms with Gasteiger partial charge in [-0.3, -0.25) is 9.59 Å². The number of nitrogens with one attached hydrogen (secondary N) is 1. The normalized spacial score (nSPS) is 13.8. The highest BCUT2D eigenvalue weighted by molar-refractivity contribution is 6.36. The van der Waals surface area contributed by atoms with Crippen LogP contribution in [0.3, 0.4) is 0 Å². The van der Waals surface area contributed by atoms with Crippen LogP contribution in [0.15, 0.2) is 60.3 Å². The van der Waals surface area contributed by atoms with E-state index in [4.69, 9.17) is 16.3 Å². The molecule has 0 spiro atoms. The van der Waals surface area contributed by atoms with Crippen LogP contribution in [0.5, 0.6) is 5.88 Å². The van der Waals surface area contributed by atoms with Gasteiger partial charge in [0.1, 0.15) is 5.82 Å². The number of halogens is 2. The highest BCUT2D eigenvalue weighted by Gasteiger charge is 2.28. The summed E-state index contributed by atoms with van der Waals surface area (Å²) in [6.45, 7) is 0. The number of rotatable bonds is 3. The lowest BCUT2D eigenvalue weighted by molar-refractivity contribution is -0.112. The van der Waals surface area contributed by atoms with Crippen molar-refractivity contribution in [3.8, 4) is 17.7 Å². The van der Waals surface area contributed by atoms with Crippen molar-refractivity contribution in [2.75, 3.05) is 12.4 Å². The van der Waals surface area contributed by atoms with Crippen LogP contribution in [0.2, 0.25) is 5.02 Å². The van der Waals surface area contributed by atoms with E-state index in [2.05, 4.69) is 22.1 Å². The third-order valence-electron chi connectivity index (χ3n) is 4.79. The molecule has 3 aromatic rings. The average Bonchev–Trinajstić information content (AvgIpc) is 2.80. The third kappa shape index (κ3) is 4.53. The van der Waals surface area contributed by atoms with Crippen LogP contribution in [0.25, 0.3) is 6.08 Å². The molecule has 0 saturated carbocycles. The Morgan fingerprint density at radius 2 is 2.00 bits per heavy atom. The number of ketones is 1. The van der Waals surface area contributed by atoms with Gasteiger partial charge in [-0.15, -0.1) is 0 Å². The number of hydrogen-bond acceptors (Lipinski definition) is 4. The molecule has 0 fully saturated rings. The molecular weight excluding hydrogens is 431 g/mol. The standard InChI is InChI=1S/C25H16ClFN2O3/c1-32-23-10-7-16(14-28-23)4-2-3-15-6-9-22-18(11-15)24(30)19(25(31)29-22)12-17-5-8-20(26)21(27)13-17/h5-14H,4H2,1H3,(H,29,31)/b19-12-. The lowest BCUT2D eigenvalue weighted by Crippen LogP contribution is -2.27. The van der Waals surface area contributed by atoms with E-state index in [0.29, 0.717) is 34.7 Å². The van der Waals surface area contributed by atoms with Gasteiger partial charge >= 0.3 is 0 Å². The van der Waals surface area contributed by atoms with Crippen LogP contribution < -0.4 is 10.1 Å². The molecule has 0 radical (unpaired) electrons. The molecule has 0 aliphatic carbocycles. The van der Waals surface area contributed by atoms with E-state index in [0.717, 1.165) is 5.56 Å². The minimum Gasteiger partial charge on any atom is -0.481 e. The van der Waals surface area contributed by atoms with Crippen LogP contribution in [-0.4, -0.2) is 23.8 Å².